The van der Waals surface area contributed by atoms with Crippen molar-refractivity contribution in [3.8, 4) is 17.6 Å². The van der Waals surface area contributed by atoms with Gasteiger partial charge in [0.05, 0.1) is 35.2 Å². The van der Waals surface area contributed by atoms with E-state index in [1.807, 2.05) is 57.2 Å². The minimum absolute atomic E-state index is 0.101. The first-order valence-corrected chi connectivity index (χ1v) is 14.6. The van der Waals surface area contributed by atoms with Crippen LogP contribution in [0.1, 0.15) is 76.0 Å². The lowest BCUT2D eigenvalue weighted by molar-refractivity contribution is -0.117. The van der Waals surface area contributed by atoms with E-state index in [0.717, 1.165) is 41.8 Å². The van der Waals surface area contributed by atoms with Crippen LogP contribution in [0.5, 0.6) is 11.5 Å². The highest BCUT2D eigenvalue weighted by atomic mass is 79.9. The topological polar surface area (TPSA) is 104 Å². The monoisotopic (exact) mass is 605 g/mol. The number of rotatable bonds is 10. The van der Waals surface area contributed by atoms with E-state index in [4.69, 9.17) is 19.6 Å². The minimum Gasteiger partial charge on any atom is -0.490 e. The second-order valence-electron chi connectivity index (χ2n) is 10.1. The summed E-state index contributed by atoms with van der Waals surface area (Å²) in [5.74, 6) is 1.14. The Morgan fingerprint density at radius 2 is 1.95 bits per heavy atom. The molecule has 0 fully saturated rings. The van der Waals surface area contributed by atoms with Crippen LogP contribution in [0.25, 0.3) is 0 Å². The average Bonchev–Trinajstić information content (AvgIpc) is 2.92. The van der Waals surface area contributed by atoms with E-state index in [9.17, 15) is 10.1 Å². The van der Waals surface area contributed by atoms with Crippen molar-refractivity contribution in [1.82, 2.24) is 5.32 Å². The molecule has 0 spiro atoms. The maximum absolute atomic E-state index is 13.5. The molecule has 4 rings (SSSR count). The number of dihydropyridines is 1. The van der Waals surface area contributed by atoms with Crippen molar-refractivity contribution in [2.45, 2.75) is 65.9 Å². The van der Waals surface area contributed by atoms with Crippen LogP contribution in [0.4, 0.5) is 0 Å². The fourth-order valence-corrected chi connectivity index (χ4v) is 6.13. The maximum atomic E-state index is 13.5. The molecule has 2 aromatic rings. The van der Waals surface area contributed by atoms with Crippen molar-refractivity contribution in [2.75, 3.05) is 13.2 Å². The third-order valence-corrected chi connectivity index (χ3v) is 7.84. The van der Waals surface area contributed by atoms with Crippen LogP contribution < -0.4 is 14.8 Å². The molecule has 1 aliphatic heterocycles. The number of ether oxygens (including phenoxy) is 3. The molecule has 2 atom stereocenters. The van der Waals surface area contributed by atoms with Crippen molar-refractivity contribution in [2.24, 2.45) is 5.92 Å². The number of allylic oxidation sites excluding steroid dienone is 4. The second kappa shape index (κ2) is 13.2. The summed E-state index contributed by atoms with van der Waals surface area (Å²) in [5.41, 5.74) is 5.31. The van der Waals surface area contributed by atoms with Gasteiger partial charge in [0.15, 0.2) is 17.3 Å². The van der Waals surface area contributed by atoms with E-state index in [1.165, 1.54) is 0 Å². The molecule has 0 bridgehead atoms. The Bertz CT molecular complexity index is 1410. The summed E-state index contributed by atoms with van der Waals surface area (Å²) < 4.78 is 18.3. The van der Waals surface area contributed by atoms with Crippen molar-refractivity contribution in [3.63, 3.8) is 0 Å². The Morgan fingerprint density at radius 1 is 1.15 bits per heavy atom. The molecule has 8 heteroatoms. The van der Waals surface area contributed by atoms with Gasteiger partial charge in [-0.3, -0.25) is 10.2 Å². The lowest BCUT2D eigenvalue weighted by Crippen LogP contribution is -2.34. The highest BCUT2D eigenvalue weighted by Gasteiger charge is 2.39. The number of ketones is 1. The number of halogens is 1. The van der Waals surface area contributed by atoms with Gasteiger partial charge in [-0.05, 0) is 90.9 Å². The number of carbonyl (C=O) groups is 1. The molecule has 210 valence electrons. The first-order valence-electron chi connectivity index (χ1n) is 13.8. The molecule has 2 unspecified atom stereocenters. The van der Waals surface area contributed by atoms with Crippen LogP contribution in [0.15, 0.2) is 63.4 Å². The first kappa shape index (κ1) is 29.4. The fraction of sp³-hybridized carbons (Fsp3) is 0.406. The van der Waals surface area contributed by atoms with Crippen LogP contribution >= 0.6 is 15.9 Å². The summed E-state index contributed by atoms with van der Waals surface area (Å²) in [6, 6.07) is 13.7. The van der Waals surface area contributed by atoms with Gasteiger partial charge >= 0.3 is 0 Å². The van der Waals surface area contributed by atoms with Gasteiger partial charge < -0.3 is 19.5 Å². The number of benzene rings is 2. The van der Waals surface area contributed by atoms with Crippen LogP contribution in [0.2, 0.25) is 0 Å². The van der Waals surface area contributed by atoms with Gasteiger partial charge in [-0.25, -0.2) is 0 Å². The molecule has 2 N–H and O–H groups in total. The second-order valence-corrected chi connectivity index (χ2v) is 11.0. The van der Waals surface area contributed by atoms with E-state index in [-0.39, 0.29) is 18.3 Å². The molecule has 7 nitrogen and oxygen atoms in total. The lowest BCUT2D eigenvalue weighted by atomic mass is 9.72. The largest absolute Gasteiger partial charge is 0.490 e. The van der Waals surface area contributed by atoms with Gasteiger partial charge in [0.2, 0.25) is 5.90 Å². The molecular weight excluding hydrogens is 570 g/mol. The summed E-state index contributed by atoms with van der Waals surface area (Å²) in [6.07, 6.45) is 3.35. The first-order chi connectivity index (χ1) is 19.3. The molecule has 0 radical (unpaired) electrons. The van der Waals surface area contributed by atoms with Crippen LogP contribution in [-0.2, 0) is 16.1 Å². The average molecular weight is 607 g/mol. The Morgan fingerprint density at radius 3 is 2.65 bits per heavy atom. The Balaban J connectivity index is 1.69. The molecule has 40 heavy (non-hydrogen) atoms. The van der Waals surface area contributed by atoms with Crippen LogP contribution in [-0.4, -0.2) is 24.9 Å². The van der Waals surface area contributed by atoms with E-state index in [1.54, 1.807) is 0 Å². The van der Waals surface area contributed by atoms with Gasteiger partial charge in [-0.1, -0.05) is 25.5 Å². The summed E-state index contributed by atoms with van der Waals surface area (Å²) in [5, 5.41) is 21.6. The number of hydrogen-bond acceptors (Lipinski definition) is 7. The summed E-state index contributed by atoms with van der Waals surface area (Å²) in [7, 11) is 0. The van der Waals surface area contributed by atoms with Crippen molar-refractivity contribution < 1.29 is 19.0 Å². The SMILES string of the molecule is CCCC1CC(=O)C2=C(C1)NC(C)=C(C#N)C2c1cc(Br)c(OCc2cccc(C(=N)OCC)c2)c(OCC)c1. The zero-order chi connectivity index (χ0) is 28.8. The van der Waals surface area contributed by atoms with E-state index in [2.05, 4.69) is 34.2 Å². The number of nitriles is 1. The zero-order valence-corrected chi connectivity index (χ0v) is 25.1. The number of nitrogens with one attached hydrogen (secondary N) is 2. The smallest absolute Gasteiger partial charge is 0.213 e. The Kier molecular flexibility index (Phi) is 9.70. The highest BCUT2D eigenvalue weighted by molar-refractivity contribution is 9.10. The van der Waals surface area contributed by atoms with Gasteiger partial charge in [-0.2, -0.15) is 5.26 Å². The van der Waals surface area contributed by atoms with Gasteiger partial charge in [0, 0.05) is 29.0 Å². The molecule has 2 aliphatic rings. The standard InChI is InChI=1S/C32H36BrN3O4/c1-5-9-20-13-26-30(27(37)14-20)29(24(17-34)19(4)36-26)23-15-25(33)31(28(16-23)38-6-2)40-18-21-10-8-11-22(12-21)32(35)39-7-3/h8,10-12,15-16,20,29,35-36H,5-7,9,13-14,18H2,1-4H3. The summed E-state index contributed by atoms with van der Waals surface area (Å²) in [6.45, 7) is 8.91. The molecule has 0 amide bonds. The lowest BCUT2D eigenvalue weighted by Gasteiger charge is -2.35. The maximum Gasteiger partial charge on any atom is 0.213 e. The van der Waals surface area contributed by atoms with Gasteiger partial charge in [0.25, 0.3) is 0 Å². The predicted molar refractivity (Wildman–Crippen MR) is 158 cm³/mol. The molecule has 0 saturated heterocycles. The molecule has 0 saturated carbocycles. The van der Waals surface area contributed by atoms with Crippen molar-refractivity contribution >= 4 is 27.6 Å². The van der Waals surface area contributed by atoms with Crippen molar-refractivity contribution in [3.05, 3.63) is 80.1 Å². The third kappa shape index (κ3) is 6.26. The molecule has 2 aromatic carbocycles. The predicted octanol–water partition coefficient (Wildman–Crippen LogP) is 7.31. The number of Topliss-reactive ketones (excluding diaryl/α,β-unsaturated/α-hetero) is 1. The molecule has 1 aliphatic carbocycles. The van der Waals surface area contributed by atoms with Crippen molar-refractivity contribution in [1.29, 1.82) is 10.7 Å². The van der Waals surface area contributed by atoms with Gasteiger partial charge in [-0.15, -0.1) is 0 Å². The van der Waals surface area contributed by atoms with E-state index in [0.29, 0.717) is 58.2 Å². The van der Waals surface area contributed by atoms with E-state index < -0.39 is 5.92 Å². The van der Waals surface area contributed by atoms with Crippen LogP contribution in [0.3, 0.4) is 0 Å². The Labute approximate surface area is 244 Å². The van der Waals surface area contributed by atoms with Crippen LogP contribution in [0, 0.1) is 22.7 Å². The Hall–Kier alpha value is -3.57. The number of nitrogens with zero attached hydrogens (tertiary/aromatic N) is 1. The van der Waals surface area contributed by atoms with Gasteiger partial charge in [0.1, 0.15) is 6.61 Å². The highest BCUT2D eigenvalue weighted by Crippen LogP contribution is 2.47. The molecule has 0 aromatic heterocycles. The normalized spacial score (nSPS) is 18.6. The number of hydrogen-bond donors (Lipinski definition) is 2. The zero-order valence-electron chi connectivity index (χ0n) is 23.5. The minimum atomic E-state index is -0.470. The quantitative estimate of drug-likeness (QED) is 0.217. The molecule has 1 heterocycles. The number of carbonyl (C=O) groups excluding carboxylic acids is 1. The van der Waals surface area contributed by atoms with E-state index >= 15 is 0 Å². The summed E-state index contributed by atoms with van der Waals surface area (Å²) >= 11 is 3.68. The fourth-order valence-electron chi connectivity index (χ4n) is 5.56. The summed E-state index contributed by atoms with van der Waals surface area (Å²) in [4.78, 5) is 13.5. The third-order valence-electron chi connectivity index (χ3n) is 7.26. The molecular formula is C32H36BrN3O4.